The van der Waals surface area contributed by atoms with Gasteiger partial charge < -0.3 is 9.84 Å². The molecule has 6 heteroatoms. The van der Waals surface area contributed by atoms with Gasteiger partial charge >= 0.3 is 5.97 Å². The van der Waals surface area contributed by atoms with E-state index in [-0.39, 0.29) is 6.61 Å². The fourth-order valence-corrected chi connectivity index (χ4v) is 1.74. The highest BCUT2D eigenvalue weighted by molar-refractivity contribution is 7.16. The smallest absolute Gasteiger partial charge is 0.341 e. The maximum absolute atomic E-state index is 10.3. The van der Waals surface area contributed by atoms with Gasteiger partial charge in [0.2, 0.25) is 5.88 Å². The van der Waals surface area contributed by atoms with Gasteiger partial charge in [-0.3, -0.25) is 0 Å². The molecule has 0 fully saturated rings. The van der Waals surface area contributed by atoms with Gasteiger partial charge in [-0.15, -0.1) is 11.3 Å². The molecule has 0 aliphatic carbocycles. The molecule has 0 bridgehead atoms. The average Bonchev–Trinajstić information content (AvgIpc) is 2.62. The lowest BCUT2D eigenvalue weighted by atomic mass is 10.4. The van der Waals surface area contributed by atoms with E-state index >= 15 is 0 Å². The lowest BCUT2D eigenvalue weighted by Crippen LogP contribution is -2.10. The van der Waals surface area contributed by atoms with Crippen molar-refractivity contribution in [1.82, 2.24) is 9.97 Å². The Bertz CT molecular complexity index is 468. The van der Waals surface area contributed by atoms with Crippen LogP contribution in [-0.2, 0) is 4.79 Å². The van der Waals surface area contributed by atoms with E-state index in [0.717, 1.165) is 10.2 Å². The number of fused-ring (bicyclic) bond motifs is 1. The Morgan fingerprint density at radius 3 is 3.21 bits per heavy atom. The molecular formula is C8H6N2O3S. The van der Waals surface area contributed by atoms with Gasteiger partial charge in [-0.05, 0) is 11.4 Å². The molecule has 5 nitrogen and oxygen atoms in total. The molecule has 2 aromatic heterocycles. The molecule has 0 saturated heterocycles. The summed E-state index contributed by atoms with van der Waals surface area (Å²) in [7, 11) is 0. The van der Waals surface area contributed by atoms with Crippen molar-refractivity contribution in [3.8, 4) is 5.88 Å². The van der Waals surface area contributed by atoms with Crippen LogP contribution in [0.15, 0.2) is 17.8 Å². The Morgan fingerprint density at radius 2 is 2.43 bits per heavy atom. The first kappa shape index (κ1) is 8.89. The number of ether oxygens (including phenoxy) is 1. The molecule has 0 aromatic carbocycles. The predicted molar refractivity (Wildman–Crippen MR) is 50.5 cm³/mol. The number of hydrogen-bond acceptors (Lipinski definition) is 5. The summed E-state index contributed by atoms with van der Waals surface area (Å²) in [6, 6.07) is 1.80. The van der Waals surface area contributed by atoms with Crippen molar-refractivity contribution in [3.05, 3.63) is 17.8 Å². The van der Waals surface area contributed by atoms with Crippen LogP contribution in [0.3, 0.4) is 0 Å². The molecule has 0 saturated carbocycles. The number of hydrogen-bond donors (Lipinski definition) is 1. The molecule has 0 atom stereocenters. The van der Waals surface area contributed by atoms with Gasteiger partial charge in [-0.2, -0.15) is 0 Å². The standard InChI is InChI=1S/C8H6N2O3S/c11-6(12)3-13-7-5-1-2-14-8(5)10-4-9-7/h1-2,4H,3H2,(H,11,12). The van der Waals surface area contributed by atoms with Crippen LogP contribution in [0, 0.1) is 0 Å². The van der Waals surface area contributed by atoms with Crippen molar-refractivity contribution >= 4 is 27.5 Å². The van der Waals surface area contributed by atoms with Gasteiger partial charge in [-0.25, -0.2) is 14.8 Å². The van der Waals surface area contributed by atoms with E-state index in [1.54, 1.807) is 6.07 Å². The van der Waals surface area contributed by atoms with Gasteiger partial charge in [-0.1, -0.05) is 0 Å². The lowest BCUT2D eigenvalue weighted by molar-refractivity contribution is -0.139. The van der Waals surface area contributed by atoms with Crippen molar-refractivity contribution in [3.63, 3.8) is 0 Å². The molecule has 72 valence electrons. The first-order chi connectivity index (χ1) is 6.77. The molecule has 0 spiro atoms. The maximum Gasteiger partial charge on any atom is 0.341 e. The van der Waals surface area contributed by atoms with Crippen molar-refractivity contribution in [2.45, 2.75) is 0 Å². The SMILES string of the molecule is O=C(O)COc1ncnc2sccc12. The first-order valence-electron chi connectivity index (χ1n) is 3.80. The number of rotatable bonds is 3. The zero-order valence-corrected chi connectivity index (χ0v) is 7.82. The quantitative estimate of drug-likeness (QED) is 0.822. The molecule has 0 amide bonds. The zero-order valence-electron chi connectivity index (χ0n) is 7.01. The second-order valence-corrected chi connectivity index (χ2v) is 3.40. The number of aliphatic carboxylic acids is 1. The minimum absolute atomic E-state index is 0.318. The minimum atomic E-state index is -1.02. The molecule has 2 aromatic rings. The Labute approximate surface area is 83.0 Å². The van der Waals surface area contributed by atoms with E-state index in [1.165, 1.54) is 17.7 Å². The number of nitrogens with zero attached hydrogens (tertiary/aromatic N) is 2. The monoisotopic (exact) mass is 210 g/mol. The van der Waals surface area contributed by atoms with E-state index in [0.29, 0.717) is 5.88 Å². The van der Waals surface area contributed by atoms with Crippen molar-refractivity contribution in [1.29, 1.82) is 0 Å². The molecular weight excluding hydrogens is 204 g/mol. The second-order valence-electron chi connectivity index (χ2n) is 2.50. The fourth-order valence-electron chi connectivity index (χ4n) is 1.01. The van der Waals surface area contributed by atoms with E-state index in [1.807, 2.05) is 5.38 Å². The summed E-state index contributed by atoms with van der Waals surface area (Å²) >= 11 is 1.46. The molecule has 0 aliphatic rings. The Hall–Kier alpha value is -1.69. The maximum atomic E-state index is 10.3. The Morgan fingerprint density at radius 1 is 1.57 bits per heavy atom. The third kappa shape index (κ3) is 1.64. The van der Waals surface area contributed by atoms with E-state index < -0.39 is 5.97 Å². The highest BCUT2D eigenvalue weighted by Crippen LogP contribution is 2.25. The topological polar surface area (TPSA) is 72.3 Å². The third-order valence-electron chi connectivity index (χ3n) is 1.56. The Balaban J connectivity index is 2.32. The van der Waals surface area contributed by atoms with Crippen molar-refractivity contribution < 1.29 is 14.6 Å². The van der Waals surface area contributed by atoms with Gasteiger partial charge in [0, 0.05) is 0 Å². The summed E-state index contributed by atoms with van der Waals surface area (Å²) in [5, 5.41) is 11.0. The summed E-state index contributed by atoms with van der Waals surface area (Å²) in [6.07, 6.45) is 1.36. The van der Waals surface area contributed by atoms with Crippen LogP contribution >= 0.6 is 11.3 Å². The summed E-state index contributed by atoms with van der Waals surface area (Å²) in [5.74, 6) is -0.703. The Kier molecular flexibility index (Phi) is 2.28. The van der Waals surface area contributed by atoms with E-state index in [4.69, 9.17) is 9.84 Å². The van der Waals surface area contributed by atoms with E-state index in [9.17, 15) is 4.79 Å². The van der Waals surface area contributed by atoms with Gasteiger partial charge in [0.15, 0.2) is 6.61 Å². The highest BCUT2D eigenvalue weighted by Gasteiger charge is 2.06. The number of aromatic nitrogens is 2. The highest BCUT2D eigenvalue weighted by atomic mass is 32.1. The van der Waals surface area contributed by atoms with Crippen LogP contribution in [0.1, 0.15) is 0 Å². The number of carbonyl (C=O) groups is 1. The van der Waals surface area contributed by atoms with Crippen molar-refractivity contribution in [2.75, 3.05) is 6.61 Å². The zero-order chi connectivity index (χ0) is 9.97. The number of carboxylic acids is 1. The van der Waals surface area contributed by atoms with E-state index in [2.05, 4.69) is 9.97 Å². The largest absolute Gasteiger partial charge is 0.479 e. The summed E-state index contributed by atoms with van der Waals surface area (Å²) in [6.45, 7) is -0.387. The normalized spacial score (nSPS) is 10.3. The molecule has 0 aliphatic heterocycles. The van der Waals surface area contributed by atoms with Crippen LogP contribution in [0.2, 0.25) is 0 Å². The average molecular weight is 210 g/mol. The van der Waals surface area contributed by atoms with Crippen LogP contribution in [0.5, 0.6) is 5.88 Å². The van der Waals surface area contributed by atoms with Crippen LogP contribution in [0.25, 0.3) is 10.2 Å². The van der Waals surface area contributed by atoms with Gasteiger partial charge in [0.25, 0.3) is 0 Å². The predicted octanol–water partition coefficient (Wildman–Crippen LogP) is 1.15. The van der Waals surface area contributed by atoms with Gasteiger partial charge in [0.05, 0.1) is 5.39 Å². The molecule has 14 heavy (non-hydrogen) atoms. The summed E-state index contributed by atoms with van der Waals surface area (Å²) in [4.78, 5) is 18.9. The number of thiophene rings is 1. The second kappa shape index (κ2) is 3.59. The first-order valence-corrected chi connectivity index (χ1v) is 4.68. The number of carboxylic acid groups (broad SMARTS) is 1. The molecule has 0 unspecified atom stereocenters. The molecule has 2 heterocycles. The van der Waals surface area contributed by atoms with Crippen LogP contribution in [-0.4, -0.2) is 27.7 Å². The van der Waals surface area contributed by atoms with Crippen molar-refractivity contribution in [2.24, 2.45) is 0 Å². The molecule has 1 N–H and O–H groups in total. The molecule has 0 radical (unpaired) electrons. The molecule has 2 rings (SSSR count). The van der Waals surface area contributed by atoms with Gasteiger partial charge in [0.1, 0.15) is 11.2 Å². The fraction of sp³-hybridized carbons (Fsp3) is 0.125. The third-order valence-corrected chi connectivity index (χ3v) is 2.38. The lowest BCUT2D eigenvalue weighted by Gasteiger charge is -2.01. The van der Waals surface area contributed by atoms with Crippen LogP contribution < -0.4 is 4.74 Å². The summed E-state index contributed by atoms with van der Waals surface area (Å²) < 4.78 is 5.00. The minimum Gasteiger partial charge on any atom is -0.479 e. The van der Waals surface area contributed by atoms with Crippen LogP contribution in [0.4, 0.5) is 0 Å². The summed E-state index contributed by atoms with van der Waals surface area (Å²) in [5.41, 5.74) is 0.